The molecule has 0 aromatic rings. The molecule has 0 bridgehead atoms. The first-order valence-electron chi connectivity index (χ1n) is 6.17. The number of likely N-dealkylation sites (tertiary alicyclic amines) is 1. The molecule has 3 nitrogen and oxygen atoms in total. The van der Waals surface area contributed by atoms with Gasteiger partial charge in [-0.1, -0.05) is 13.8 Å². The molecule has 3 heteroatoms. The summed E-state index contributed by atoms with van der Waals surface area (Å²) in [6.45, 7) is 8.34. The van der Waals surface area contributed by atoms with Gasteiger partial charge in [0.2, 0.25) is 0 Å². The summed E-state index contributed by atoms with van der Waals surface area (Å²) in [5.74, 6) is 1.12. The number of aliphatic hydroxyl groups excluding tert-OH is 1. The topological polar surface area (TPSA) is 35.5 Å². The Bertz CT molecular complexity index is 173. The first kappa shape index (κ1) is 12.9. The number of hydrogen-bond donors (Lipinski definition) is 2. The molecule has 1 aliphatic rings. The number of rotatable bonds is 5. The summed E-state index contributed by atoms with van der Waals surface area (Å²) in [7, 11) is 2.19. The standard InChI is InChI=1S/C12H26N2O/c1-10(2)12(15)8-13-7-11-5-4-6-14(3)9-11/h10-13,15H,4-9H2,1-3H3. The summed E-state index contributed by atoms with van der Waals surface area (Å²) in [6, 6.07) is 0. The second kappa shape index (κ2) is 6.46. The van der Waals surface area contributed by atoms with Crippen LogP contribution < -0.4 is 5.32 Å². The van der Waals surface area contributed by atoms with Crippen LogP contribution in [0.3, 0.4) is 0 Å². The Balaban J connectivity index is 2.09. The van der Waals surface area contributed by atoms with Crippen LogP contribution in [0.4, 0.5) is 0 Å². The molecule has 0 aliphatic carbocycles. The Morgan fingerprint density at radius 1 is 1.47 bits per heavy atom. The van der Waals surface area contributed by atoms with Crippen molar-refractivity contribution in [2.45, 2.75) is 32.8 Å². The van der Waals surface area contributed by atoms with Crippen LogP contribution in [0.15, 0.2) is 0 Å². The van der Waals surface area contributed by atoms with Crippen molar-refractivity contribution in [1.29, 1.82) is 0 Å². The molecular weight excluding hydrogens is 188 g/mol. The van der Waals surface area contributed by atoms with E-state index in [0.717, 1.165) is 19.0 Å². The monoisotopic (exact) mass is 214 g/mol. The number of nitrogens with zero attached hydrogens (tertiary/aromatic N) is 1. The van der Waals surface area contributed by atoms with Crippen LogP contribution in [-0.4, -0.2) is 49.3 Å². The van der Waals surface area contributed by atoms with Gasteiger partial charge in [0.1, 0.15) is 0 Å². The number of hydrogen-bond acceptors (Lipinski definition) is 3. The maximum absolute atomic E-state index is 9.63. The average Bonchev–Trinajstić information content (AvgIpc) is 2.17. The first-order chi connectivity index (χ1) is 7.09. The van der Waals surface area contributed by atoms with E-state index in [0.29, 0.717) is 5.92 Å². The summed E-state index contributed by atoms with van der Waals surface area (Å²) in [5, 5.41) is 13.0. The van der Waals surface area contributed by atoms with E-state index < -0.39 is 0 Å². The lowest BCUT2D eigenvalue weighted by atomic mass is 9.98. The van der Waals surface area contributed by atoms with E-state index >= 15 is 0 Å². The van der Waals surface area contributed by atoms with Crippen LogP contribution in [0.25, 0.3) is 0 Å². The van der Waals surface area contributed by atoms with Crippen molar-refractivity contribution >= 4 is 0 Å². The lowest BCUT2D eigenvalue weighted by molar-refractivity contribution is 0.119. The van der Waals surface area contributed by atoms with Crippen LogP contribution in [0.1, 0.15) is 26.7 Å². The van der Waals surface area contributed by atoms with Crippen LogP contribution >= 0.6 is 0 Å². The molecule has 1 saturated heterocycles. The van der Waals surface area contributed by atoms with Crippen molar-refractivity contribution in [2.24, 2.45) is 11.8 Å². The molecule has 1 fully saturated rings. The van der Waals surface area contributed by atoms with Crippen LogP contribution in [0.5, 0.6) is 0 Å². The quantitative estimate of drug-likeness (QED) is 0.715. The van der Waals surface area contributed by atoms with Crippen LogP contribution in [-0.2, 0) is 0 Å². The highest BCUT2D eigenvalue weighted by atomic mass is 16.3. The van der Waals surface area contributed by atoms with E-state index in [9.17, 15) is 5.11 Å². The van der Waals surface area contributed by atoms with Gasteiger partial charge in [0.05, 0.1) is 6.10 Å². The molecule has 0 aromatic carbocycles. The van der Waals surface area contributed by atoms with Crippen molar-refractivity contribution in [1.82, 2.24) is 10.2 Å². The Labute approximate surface area is 93.9 Å². The van der Waals surface area contributed by atoms with Crippen LogP contribution in [0, 0.1) is 11.8 Å². The van der Waals surface area contributed by atoms with E-state index in [2.05, 4.69) is 31.1 Å². The van der Waals surface area contributed by atoms with Crippen molar-refractivity contribution < 1.29 is 5.11 Å². The maximum atomic E-state index is 9.63. The lowest BCUT2D eigenvalue weighted by Crippen LogP contribution is -2.40. The molecule has 0 spiro atoms. The van der Waals surface area contributed by atoms with Crippen molar-refractivity contribution in [3.63, 3.8) is 0 Å². The van der Waals surface area contributed by atoms with Gasteiger partial charge in [-0.15, -0.1) is 0 Å². The van der Waals surface area contributed by atoms with E-state index in [1.165, 1.54) is 25.9 Å². The highest BCUT2D eigenvalue weighted by Gasteiger charge is 2.17. The minimum atomic E-state index is -0.202. The summed E-state index contributed by atoms with van der Waals surface area (Å²) < 4.78 is 0. The Kier molecular flexibility index (Phi) is 5.58. The minimum Gasteiger partial charge on any atom is -0.392 e. The summed E-state index contributed by atoms with van der Waals surface area (Å²) in [5.41, 5.74) is 0. The van der Waals surface area contributed by atoms with Gasteiger partial charge in [0.25, 0.3) is 0 Å². The molecule has 2 unspecified atom stereocenters. The van der Waals surface area contributed by atoms with Crippen molar-refractivity contribution in [3.05, 3.63) is 0 Å². The fraction of sp³-hybridized carbons (Fsp3) is 1.00. The fourth-order valence-electron chi connectivity index (χ4n) is 2.11. The van der Waals surface area contributed by atoms with Crippen molar-refractivity contribution in [3.8, 4) is 0 Å². The molecule has 2 N–H and O–H groups in total. The van der Waals surface area contributed by atoms with Gasteiger partial charge in [-0.05, 0) is 44.8 Å². The molecule has 2 atom stereocenters. The molecule has 90 valence electrons. The van der Waals surface area contributed by atoms with Crippen LogP contribution in [0.2, 0.25) is 0 Å². The van der Waals surface area contributed by atoms with Gasteiger partial charge in [-0.3, -0.25) is 0 Å². The average molecular weight is 214 g/mol. The van der Waals surface area contributed by atoms with Crippen molar-refractivity contribution in [2.75, 3.05) is 33.2 Å². The molecule has 0 saturated carbocycles. The summed E-state index contributed by atoms with van der Waals surface area (Å²) in [4.78, 5) is 2.40. The Hall–Kier alpha value is -0.120. The largest absolute Gasteiger partial charge is 0.392 e. The highest BCUT2D eigenvalue weighted by molar-refractivity contribution is 4.73. The summed E-state index contributed by atoms with van der Waals surface area (Å²) >= 11 is 0. The molecule has 0 radical (unpaired) electrons. The van der Waals surface area contributed by atoms with E-state index in [1.807, 2.05) is 0 Å². The zero-order chi connectivity index (χ0) is 11.3. The normalized spacial score (nSPS) is 25.8. The molecule has 1 rings (SSSR count). The third-order valence-corrected chi connectivity index (χ3v) is 3.28. The summed E-state index contributed by atoms with van der Waals surface area (Å²) in [6.07, 6.45) is 2.44. The zero-order valence-electron chi connectivity index (χ0n) is 10.4. The fourth-order valence-corrected chi connectivity index (χ4v) is 2.11. The zero-order valence-corrected chi connectivity index (χ0v) is 10.4. The number of aliphatic hydroxyl groups is 1. The van der Waals surface area contributed by atoms with Gasteiger partial charge >= 0.3 is 0 Å². The maximum Gasteiger partial charge on any atom is 0.0687 e. The Morgan fingerprint density at radius 3 is 2.80 bits per heavy atom. The molecule has 0 amide bonds. The molecule has 1 aliphatic heterocycles. The van der Waals surface area contributed by atoms with E-state index in [1.54, 1.807) is 0 Å². The van der Waals surface area contributed by atoms with Gasteiger partial charge in [0, 0.05) is 13.1 Å². The lowest BCUT2D eigenvalue weighted by Gasteiger charge is -2.30. The Morgan fingerprint density at radius 2 is 2.20 bits per heavy atom. The second-order valence-corrected chi connectivity index (χ2v) is 5.24. The number of nitrogens with one attached hydrogen (secondary N) is 1. The highest BCUT2D eigenvalue weighted by Crippen LogP contribution is 2.13. The van der Waals surface area contributed by atoms with Gasteiger partial charge in [-0.25, -0.2) is 0 Å². The smallest absolute Gasteiger partial charge is 0.0687 e. The third kappa shape index (κ3) is 4.96. The van der Waals surface area contributed by atoms with E-state index in [-0.39, 0.29) is 6.10 Å². The molecule has 15 heavy (non-hydrogen) atoms. The van der Waals surface area contributed by atoms with Gasteiger partial charge in [0.15, 0.2) is 0 Å². The SMILES string of the molecule is CC(C)C(O)CNCC1CCCN(C)C1. The molecular formula is C12H26N2O. The van der Waals surface area contributed by atoms with Gasteiger partial charge < -0.3 is 15.3 Å². The molecule has 0 aromatic heterocycles. The molecule has 1 heterocycles. The first-order valence-corrected chi connectivity index (χ1v) is 6.17. The van der Waals surface area contributed by atoms with E-state index in [4.69, 9.17) is 0 Å². The minimum absolute atomic E-state index is 0.202. The third-order valence-electron chi connectivity index (χ3n) is 3.28. The predicted octanol–water partition coefficient (Wildman–Crippen LogP) is 0.935. The second-order valence-electron chi connectivity index (χ2n) is 5.24. The predicted molar refractivity (Wildman–Crippen MR) is 63.9 cm³/mol. The van der Waals surface area contributed by atoms with Gasteiger partial charge in [-0.2, -0.15) is 0 Å². The number of piperidine rings is 1.